The number of hydrogen-bond acceptors (Lipinski definition) is 4. The van der Waals surface area contributed by atoms with E-state index in [1.54, 1.807) is 37.1 Å². The van der Waals surface area contributed by atoms with Crippen LogP contribution in [-0.2, 0) is 0 Å². The van der Waals surface area contributed by atoms with Crippen molar-refractivity contribution in [3.8, 4) is 28.4 Å². The number of ether oxygens (including phenoxy) is 2. The zero-order valence-electron chi connectivity index (χ0n) is 17.8. The van der Waals surface area contributed by atoms with Gasteiger partial charge in [0, 0.05) is 17.7 Å². The van der Waals surface area contributed by atoms with Gasteiger partial charge in [-0.1, -0.05) is 37.6 Å². The van der Waals surface area contributed by atoms with Gasteiger partial charge in [0.25, 0.3) is 5.91 Å². The molecule has 0 bridgehead atoms. The SMILES string of the molecule is COc1ccc(-c2cc(C(=O)NC(C)C(C)C)n(-c3ccccc3Cl)n2)c(OC)c1. The summed E-state index contributed by atoms with van der Waals surface area (Å²) in [5.74, 6) is 1.35. The fraction of sp³-hybridized carbons (Fsp3) is 0.304. The molecule has 1 unspecified atom stereocenters. The van der Waals surface area contributed by atoms with Crippen LogP contribution in [0.5, 0.6) is 11.5 Å². The summed E-state index contributed by atoms with van der Waals surface area (Å²) in [5, 5.41) is 8.24. The van der Waals surface area contributed by atoms with Crippen molar-refractivity contribution in [2.24, 2.45) is 5.92 Å². The van der Waals surface area contributed by atoms with Gasteiger partial charge in [0.05, 0.1) is 30.6 Å². The predicted molar refractivity (Wildman–Crippen MR) is 119 cm³/mol. The summed E-state index contributed by atoms with van der Waals surface area (Å²) in [4.78, 5) is 13.1. The first kappa shape index (κ1) is 21.7. The number of rotatable bonds is 7. The van der Waals surface area contributed by atoms with E-state index in [0.29, 0.717) is 39.5 Å². The van der Waals surface area contributed by atoms with Gasteiger partial charge >= 0.3 is 0 Å². The van der Waals surface area contributed by atoms with E-state index in [1.807, 2.05) is 37.3 Å². The van der Waals surface area contributed by atoms with Gasteiger partial charge in [0.15, 0.2) is 0 Å². The molecule has 0 spiro atoms. The molecule has 158 valence electrons. The molecule has 1 N–H and O–H groups in total. The first-order valence-corrected chi connectivity index (χ1v) is 10.1. The second kappa shape index (κ2) is 9.22. The number of aromatic nitrogens is 2. The van der Waals surface area contributed by atoms with E-state index < -0.39 is 0 Å². The zero-order valence-corrected chi connectivity index (χ0v) is 18.5. The Bertz CT molecular complexity index is 1050. The van der Waals surface area contributed by atoms with Crippen molar-refractivity contribution in [1.82, 2.24) is 15.1 Å². The van der Waals surface area contributed by atoms with E-state index in [1.165, 1.54) is 0 Å². The molecular formula is C23H26ClN3O3. The fourth-order valence-electron chi connectivity index (χ4n) is 2.94. The van der Waals surface area contributed by atoms with Crippen molar-refractivity contribution < 1.29 is 14.3 Å². The number of amides is 1. The molecule has 1 amide bonds. The maximum atomic E-state index is 13.1. The molecule has 3 rings (SSSR count). The summed E-state index contributed by atoms with van der Waals surface area (Å²) in [6.07, 6.45) is 0. The van der Waals surface area contributed by atoms with Gasteiger partial charge in [0.2, 0.25) is 0 Å². The molecule has 0 radical (unpaired) electrons. The van der Waals surface area contributed by atoms with Crippen molar-refractivity contribution in [2.75, 3.05) is 14.2 Å². The molecule has 1 atom stereocenters. The first-order valence-electron chi connectivity index (χ1n) is 9.74. The molecule has 0 aliphatic carbocycles. The number of nitrogens with one attached hydrogen (secondary N) is 1. The second-order valence-corrected chi connectivity index (χ2v) is 7.76. The highest BCUT2D eigenvalue weighted by molar-refractivity contribution is 6.32. The van der Waals surface area contributed by atoms with Crippen LogP contribution in [0.15, 0.2) is 48.5 Å². The standard InChI is InChI=1S/C23H26ClN3O3/c1-14(2)15(3)25-23(28)21-13-19(17-11-10-16(29-4)12-22(17)30-5)26-27(21)20-9-7-6-8-18(20)24/h6-15H,1-5H3,(H,25,28). The third kappa shape index (κ3) is 4.44. The summed E-state index contributed by atoms with van der Waals surface area (Å²) < 4.78 is 12.4. The molecule has 1 aromatic heterocycles. The number of benzene rings is 2. The Morgan fingerprint density at radius 3 is 2.43 bits per heavy atom. The van der Waals surface area contributed by atoms with Crippen LogP contribution in [0.2, 0.25) is 5.02 Å². The van der Waals surface area contributed by atoms with E-state index >= 15 is 0 Å². The summed E-state index contributed by atoms with van der Waals surface area (Å²) >= 11 is 6.41. The Balaban J connectivity index is 2.14. The number of carbonyl (C=O) groups excluding carboxylic acids is 1. The first-order chi connectivity index (χ1) is 14.3. The summed E-state index contributed by atoms with van der Waals surface area (Å²) in [6, 6.07) is 14.5. The lowest BCUT2D eigenvalue weighted by Crippen LogP contribution is -2.37. The van der Waals surface area contributed by atoms with Gasteiger partial charge in [-0.05, 0) is 43.2 Å². The molecule has 30 heavy (non-hydrogen) atoms. The second-order valence-electron chi connectivity index (χ2n) is 7.35. The third-order valence-corrected chi connectivity index (χ3v) is 5.39. The molecule has 2 aromatic carbocycles. The predicted octanol–water partition coefficient (Wildman–Crippen LogP) is 4.98. The molecule has 1 heterocycles. The number of carbonyl (C=O) groups is 1. The van der Waals surface area contributed by atoms with Gasteiger partial charge in [-0.15, -0.1) is 0 Å². The Kier molecular flexibility index (Phi) is 6.67. The Morgan fingerprint density at radius 2 is 1.80 bits per heavy atom. The number of methoxy groups -OCH3 is 2. The van der Waals surface area contributed by atoms with Crippen molar-refractivity contribution in [3.05, 3.63) is 59.2 Å². The van der Waals surface area contributed by atoms with Crippen LogP contribution in [0.4, 0.5) is 0 Å². The van der Waals surface area contributed by atoms with E-state index in [4.69, 9.17) is 26.2 Å². The minimum Gasteiger partial charge on any atom is -0.497 e. The fourth-order valence-corrected chi connectivity index (χ4v) is 3.15. The average Bonchev–Trinajstić information content (AvgIpc) is 3.18. The molecule has 7 heteroatoms. The van der Waals surface area contributed by atoms with Crippen molar-refractivity contribution in [1.29, 1.82) is 0 Å². The molecule has 3 aromatic rings. The minimum absolute atomic E-state index is 0.00562. The number of nitrogens with zero attached hydrogens (tertiary/aromatic N) is 2. The van der Waals surface area contributed by atoms with Gasteiger partial charge in [-0.3, -0.25) is 4.79 Å². The Morgan fingerprint density at radius 1 is 1.07 bits per heavy atom. The van der Waals surface area contributed by atoms with Gasteiger partial charge < -0.3 is 14.8 Å². The maximum Gasteiger partial charge on any atom is 0.270 e. The quantitative estimate of drug-likeness (QED) is 0.577. The largest absolute Gasteiger partial charge is 0.497 e. The Hall–Kier alpha value is -2.99. The number of hydrogen-bond donors (Lipinski definition) is 1. The monoisotopic (exact) mass is 427 g/mol. The van der Waals surface area contributed by atoms with Crippen LogP contribution in [0.1, 0.15) is 31.3 Å². The molecule has 0 saturated heterocycles. The van der Waals surface area contributed by atoms with E-state index in [0.717, 1.165) is 5.56 Å². The zero-order chi connectivity index (χ0) is 21.8. The van der Waals surface area contributed by atoms with E-state index in [2.05, 4.69) is 19.2 Å². The highest BCUT2D eigenvalue weighted by Gasteiger charge is 2.22. The van der Waals surface area contributed by atoms with Crippen molar-refractivity contribution >= 4 is 17.5 Å². The molecule has 0 aliphatic heterocycles. The molecule has 0 aliphatic rings. The van der Waals surface area contributed by atoms with E-state index in [-0.39, 0.29) is 11.9 Å². The summed E-state index contributed by atoms with van der Waals surface area (Å²) in [6.45, 7) is 6.10. The normalized spacial score (nSPS) is 12.0. The van der Waals surface area contributed by atoms with Gasteiger partial charge in [-0.2, -0.15) is 5.10 Å². The number of halogens is 1. The highest BCUT2D eigenvalue weighted by Crippen LogP contribution is 2.34. The van der Waals surface area contributed by atoms with Crippen LogP contribution in [0, 0.1) is 5.92 Å². The molecule has 6 nitrogen and oxygen atoms in total. The molecule has 0 fully saturated rings. The lowest BCUT2D eigenvalue weighted by Gasteiger charge is -2.17. The lowest BCUT2D eigenvalue weighted by atomic mass is 10.1. The highest BCUT2D eigenvalue weighted by atomic mass is 35.5. The van der Waals surface area contributed by atoms with Crippen LogP contribution in [0.3, 0.4) is 0 Å². The molecule has 0 saturated carbocycles. The third-order valence-electron chi connectivity index (χ3n) is 5.07. The summed E-state index contributed by atoms with van der Waals surface area (Å²) in [5.41, 5.74) is 2.36. The topological polar surface area (TPSA) is 65.4 Å². The van der Waals surface area contributed by atoms with Crippen LogP contribution in [0.25, 0.3) is 16.9 Å². The van der Waals surface area contributed by atoms with Gasteiger partial charge in [0.1, 0.15) is 17.2 Å². The average molecular weight is 428 g/mol. The summed E-state index contributed by atoms with van der Waals surface area (Å²) in [7, 11) is 3.18. The minimum atomic E-state index is -0.220. The van der Waals surface area contributed by atoms with Crippen LogP contribution < -0.4 is 14.8 Å². The molecular weight excluding hydrogens is 402 g/mol. The van der Waals surface area contributed by atoms with E-state index in [9.17, 15) is 4.79 Å². The van der Waals surface area contributed by atoms with Crippen molar-refractivity contribution in [3.63, 3.8) is 0 Å². The number of para-hydroxylation sites is 1. The maximum absolute atomic E-state index is 13.1. The van der Waals surface area contributed by atoms with Gasteiger partial charge in [-0.25, -0.2) is 4.68 Å². The Labute approximate surface area is 181 Å². The lowest BCUT2D eigenvalue weighted by molar-refractivity contribution is 0.0922. The smallest absolute Gasteiger partial charge is 0.270 e. The van der Waals surface area contributed by atoms with Crippen molar-refractivity contribution in [2.45, 2.75) is 26.8 Å². The van der Waals surface area contributed by atoms with Crippen LogP contribution >= 0.6 is 11.6 Å². The van der Waals surface area contributed by atoms with Crippen LogP contribution in [-0.4, -0.2) is 35.9 Å².